The number of carbonyl (C=O) groups excluding carboxylic acids is 1. The van der Waals surface area contributed by atoms with Crippen LogP contribution >= 0.6 is 0 Å². The molecule has 0 spiro atoms. The van der Waals surface area contributed by atoms with E-state index in [9.17, 15) is 4.79 Å². The van der Waals surface area contributed by atoms with Gasteiger partial charge >= 0.3 is 0 Å². The van der Waals surface area contributed by atoms with Crippen LogP contribution in [0.4, 0.5) is 0 Å². The zero-order valence-electron chi connectivity index (χ0n) is 19.0. The standard InChI is InChI=1S/C23H35N5O2/c1-16(2)7-6-8-17(3)15-27-10-9-21-25-26-22(28(21)12-11-27)14-24-23(29)20-13-18(4)30-19(20)5/h7,13,17H,6,8-12,14-15H2,1-5H3,(H,24,29)/t17-/m0/s1. The van der Waals surface area contributed by atoms with E-state index in [1.807, 2.05) is 6.92 Å². The lowest BCUT2D eigenvalue weighted by molar-refractivity contribution is 0.0948. The number of hydrogen-bond donors (Lipinski definition) is 1. The van der Waals surface area contributed by atoms with E-state index in [1.165, 1.54) is 12.0 Å². The molecule has 1 amide bonds. The van der Waals surface area contributed by atoms with Crippen LogP contribution in [0.2, 0.25) is 0 Å². The maximum Gasteiger partial charge on any atom is 0.255 e. The molecule has 0 bridgehead atoms. The first kappa shape index (κ1) is 22.3. The molecule has 2 aromatic rings. The van der Waals surface area contributed by atoms with Crippen molar-refractivity contribution < 1.29 is 9.21 Å². The lowest BCUT2D eigenvalue weighted by atomic mass is 10.0. The number of aryl methyl sites for hydroxylation is 2. The van der Waals surface area contributed by atoms with E-state index in [0.29, 0.717) is 23.8 Å². The third kappa shape index (κ3) is 5.81. The number of amides is 1. The number of carbonyl (C=O) groups is 1. The van der Waals surface area contributed by atoms with Crippen LogP contribution in [0.15, 0.2) is 22.1 Å². The first-order valence-electron chi connectivity index (χ1n) is 11.0. The summed E-state index contributed by atoms with van der Waals surface area (Å²) in [5.74, 6) is 3.74. The number of hydrogen-bond acceptors (Lipinski definition) is 5. The number of rotatable bonds is 8. The quantitative estimate of drug-likeness (QED) is 0.669. The van der Waals surface area contributed by atoms with Gasteiger partial charge in [0.2, 0.25) is 0 Å². The van der Waals surface area contributed by atoms with E-state index in [1.54, 1.807) is 13.0 Å². The first-order valence-corrected chi connectivity index (χ1v) is 11.0. The Morgan fingerprint density at radius 3 is 2.77 bits per heavy atom. The molecule has 0 aromatic carbocycles. The van der Waals surface area contributed by atoms with Crippen molar-refractivity contribution >= 4 is 5.91 Å². The molecule has 0 radical (unpaired) electrons. The lowest BCUT2D eigenvalue weighted by Gasteiger charge is -2.23. The Morgan fingerprint density at radius 1 is 1.27 bits per heavy atom. The number of allylic oxidation sites excluding steroid dienone is 2. The summed E-state index contributed by atoms with van der Waals surface area (Å²) >= 11 is 0. The van der Waals surface area contributed by atoms with Gasteiger partial charge in [-0.1, -0.05) is 18.6 Å². The van der Waals surface area contributed by atoms with Gasteiger partial charge in [0.05, 0.1) is 12.1 Å². The number of nitrogens with one attached hydrogen (secondary N) is 1. The minimum Gasteiger partial charge on any atom is -0.466 e. The van der Waals surface area contributed by atoms with Crippen LogP contribution in [-0.4, -0.2) is 45.2 Å². The predicted octanol–water partition coefficient (Wildman–Crippen LogP) is 3.66. The highest BCUT2D eigenvalue weighted by atomic mass is 16.3. The third-order valence-corrected chi connectivity index (χ3v) is 5.67. The highest BCUT2D eigenvalue weighted by molar-refractivity contribution is 5.95. The summed E-state index contributed by atoms with van der Waals surface area (Å²) in [5.41, 5.74) is 1.98. The SMILES string of the molecule is CC(C)=CCC[C@H](C)CN1CCc2nnc(CNC(=O)c3cc(C)oc3C)n2CC1. The fraction of sp³-hybridized carbons (Fsp3) is 0.609. The van der Waals surface area contributed by atoms with E-state index in [2.05, 4.69) is 51.8 Å². The van der Waals surface area contributed by atoms with Gasteiger partial charge in [0.15, 0.2) is 5.82 Å². The lowest BCUT2D eigenvalue weighted by Crippen LogP contribution is -2.32. The molecule has 164 valence electrons. The van der Waals surface area contributed by atoms with Crippen LogP contribution in [0.3, 0.4) is 0 Å². The van der Waals surface area contributed by atoms with Crippen LogP contribution in [0.1, 0.15) is 67.1 Å². The molecule has 1 N–H and O–H groups in total. The molecule has 3 heterocycles. The Bertz CT molecular complexity index is 892. The van der Waals surface area contributed by atoms with Crippen LogP contribution in [0.25, 0.3) is 0 Å². The van der Waals surface area contributed by atoms with Gasteiger partial charge in [-0.2, -0.15) is 0 Å². The maximum atomic E-state index is 12.5. The minimum atomic E-state index is -0.137. The molecule has 0 fully saturated rings. The Morgan fingerprint density at radius 2 is 2.07 bits per heavy atom. The van der Waals surface area contributed by atoms with Crippen molar-refractivity contribution in [2.24, 2.45) is 5.92 Å². The molecule has 7 heteroatoms. The topological polar surface area (TPSA) is 76.2 Å². The molecule has 1 atom stereocenters. The van der Waals surface area contributed by atoms with E-state index < -0.39 is 0 Å². The van der Waals surface area contributed by atoms with Crippen LogP contribution in [-0.2, 0) is 19.5 Å². The minimum absolute atomic E-state index is 0.137. The summed E-state index contributed by atoms with van der Waals surface area (Å²) in [6.07, 6.45) is 5.59. The van der Waals surface area contributed by atoms with Crippen LogP contribution < -0.4 is 5.32 Å². The fourth-order valence-electron chi connectivity index (χ4n) is 4.04. The van der Waals surface area contributed by atoms with Gasteiger partial charge in [-0.25, -0.2) is 0 Å². The Labute approximate surface area is 179 Å². The summed E-state index contributed by atoms with van der Waals surface area (Å²) in [4.78, 5) is 15.0. The van der Waals surface area contributed by atoms with Crippen molar-refractivity contribution in [2.45, 2.75) is 67.0 Å². The van der Waals surface area contributed by atoms with E-state index in [-0.39, 0.29) is 5.91 Å². The highest BCUT2D eigenvalue weighted by Gasteiger charge is 2.21. The number of nitrogens with zero attached hydrogens (tertiary/aromatic N) is 4. The largest absolute Gasteiger partial charge is 0.466 e. The number of fused-ring (bicyclic) bond motifs is 1. The predicted molar refractivity (Wildman–Crippen MR) is 117 cm³/mol. The molecule has 7 nitrogen and oxygen atoms in total. The van der Waals surface area contributed by atoms with Crippen molar-refractivity contribution in [1.82, 2.24) is 25.0 Å². The van der Waals surface area contributed by atoms with E-state index in [0.717, 1.165) is 56.4 Å². The Hall–Kier alpha value is -2.41. The number of furan rings is 1. The second-order valence-corrected chi connectivity index (χ2v) is 8.71. The van der Waals surface area contributed by atoms with E-state index in [4.69, 9.17) is 4.42 Å². The van der Waals surface area contributed by atoms with Gasteiger partial charge in [0.25, 0.3) is 5.91 Å². The van der Waals surface area contributed by atoms with Gasteiger partial charge in [-0.05, 0) is 52.5 Å². The second kappa shape index (κ2) is 10.1. The molecule has 0 saturated carbocycles. The van der Waals surface area contributed by atoms with Gasteiger partial charge < -0.3 is 19.2 Å². The zero-order chi connectivity index (χ0) is 21.7. The summed E-state index contributed by atoms with van der Waals surface area (Å²) < 4.78 is 7.62. The summed E-state index contributed by atoms with van der Waals surface area (Å²) in [7, 11) is 0. The third-order valence-electron chi connectivity index (χ3n) is 5.67. The van der Waals surface area contributed by atoms with Crippen molar-refractivity contribution in [3.05, 3.63) is 46.4 Å². The molecule has 0 saturated heterocycles. The molecule has 0 unspecified atom stereocenters. The summed E-state index contributed by atoms with van der Waals surface area (Å²) in [5, 5.41) is 11.7. The molecule has 0 aliphatic carbocycles. The molecule has 1 aliphatic heterocycles. The smallest absolute Gasteiger partial charge is 0.255 e. The normalized spacial score (nSPS) is 15.4. The molecular formula is C23H35N5O2. The van der Waals surface area contributed by atoms with Crippen molar-refractivity contribution in [3.63, 3.8) is 0 Å². The molecule has 1 aliphatic rings. The van der Waals surface area contributed by atoms with Gasteiger partial charge in [-0.15, -0.1) is 10.2 Å². The van der Waals surface area contributed by atoms with Gasteiger partial charge in [0.1, 0.15) is 17.3 Å². The molecule has 3 rings (SSSR count). The number of aromatic nitrogens is 3. The molecular weight excluding hydrogens is 378 g/mol. The van der Waals surface area contributed by atoms with Crippen molar-refractivity contribution in [3.8, 4) is 0 Å². The van der Waals surface area contributed by atoms with Gasteiger partial charge in [-0.3, -0.25) is 4.79 Å². The maximum absolute atomic E-state index is 12.5. The average molecular weight is 414 g/mol. The summed E-state index contributed by atoms with van der Waals surface area (Å²) in [6, 6.07) is 1.77. The second-order valence-electron chi connectivity index (χ2n) is 8.71. The zero-order valence-corrected chi connectivity index (χ0v) is 19.0. The summed E-state index contributed by atoms with van der Waals surface area (Å²) in [6.45, 7) is 14.6. The van der Waals surface area contributed by atoms with Crippen LogP contribution in [0, 0.1) is 19.8 Å². The molecule has 30 heavy (non-hydrogen) atoms. The monoisotopic (exact) mass is 413 g/mol. The van der Waals surface area contributed by atoms with E-state index >= 15 is 0 Å². The van der Waals surface area contributed by atoms with Crippen molar-refractivity contribution in [1.29, 1.82) is 0 Å². The van der Waals surface area contributed by atoms with Gasteiger partial charge in [0, 0.05) is 32.6 Å². The fourth-order valence-corrected chi connectivity index (χ4v) is 4.04. The first-order chi connectivity index (χ1) is 14.3. The Kier molecular flexibility index (Phi) is 7.48. The highest BCUT2D eigenvalue weighted by Crippen LogP contribution is 2.16. The molecule has 2 aromatic heterocycles. The van der Waals surface area contributed by atoms with Crippen LogP contribution in [0.5, 0.6) is 0 Å². The Balaban J connectivity index is 1.53. The average Bonchev–Trinajstić information content (AvgIpc) is 3.16. The van der Waals surface area contributed by atoms with Crippen molar-refractivity contribution in [2.75, 3.05) is 19.6 Å².